The Hall–Kier alpha value is -3.82. The van der Waals surface area contributed by atoms with E-state index in [-0.39, 0.29) is 12.4 Å². The second-order valence-electron chi connectivity index (χ2n) is 6.22. The van der Waals surface area contributed by atoms with Gasteiger partial charge in [0.1, 0.15) is 18.2 Å². The summed E-state index contributed by atoms with van der Waals surface area (Å²) in [5.41, 5.74) is 4.30. The molecule has 30 heavy (non-hydrogen) atoms. The minimum Gasteiger partial charge on any atom is -0.485 e. The zero-order valence-corrected chi connectivity index (χ0v) is 15.9. The van der Waals surface area contributed by atoms with Crippen molar-refractivity contribution in [2.75, 3.05) is 13.2 Å². The molecule has 0 unspecified atom stereocenters. The van der Waals surface area contributed by atoms with Gasteiger partial charge in [0.15, 0.2) is 24.2 Å². The third-order valence-electron chi connectivity index (χ3n) is 3.93. The normalized spacial score (nSPS) is 15.5. The van der Waals surface area contributed by atoms with Gasteiger partial charge in [-0.3, -0.25) is 20.4 Å². The third-order valence-corrected chi connectivity index (χ3v) is 3.93. The van der Waals surface area contributed by atoms with Gasteiger partial charge in [-0.15, -0.1) is 0 Å². The van der Waals surface area contributed by atoms with Crippen molar-refractivity contribution in [1.82, 2.24) is 10.9 Å². The Labute approximate surface area is 171 Å². The van der Waals surface area contributed by atoms with Crippen LogP contribution in [-0.4, -0.2) is 43.2 Å². The van der Waals surface area contributed by atoms with Crippen LogP contribution in [0.2, 0.25) is 0 Å². The van der Waals surface area contributed by atoms with Crippen molar-refractivity contribution in [1.29, 1.82) is 0 Å². The minimum absolute atomic E-state index is 0.0219. The summed E-state index contributed by atoms with van der Waals surface area (Å²) in [5.74, 6) is -1.42. The first-order valence-corrected chi connectivity index (χ1v) is 8.98. The number of nitrogens with one attached hydrogen (secondary N) is 2. The van der Waals surface area contributed by atoms with Crippen LogP contribution in [0.3, 0.4) is 0 Å². The number of carbonyl (C=O) groups excluding carboxylic acids is 3. The quantitative estimate of drug-likeness (QED) is 0.534. The lowest BCUT2D eigenvalue weighted by Crippen LogP contribution is -2.51. The van der Waals surface area contributed by atoms with Crippen molar-refractivity contribution in [3.05, 3.63) is 54.3 Å². The van der Waals surface area contributed by atoms with Gasteiger partial charge in [-0.25, -0.2) is 9.18 Å². The molecule has 2 aromatic rings. The van der Waals surface area contributed by atoms with Gasteiger partial charge in [-0.2, -0.15) is 0 Å². The number of hydrogen-bond acceptors (Lipinski definition) is 7. The Morgan fingerprint density at radius 2 is 1.80 bits per heavy atom. The van der Waals surface area contributed by atoms with Gasteiger partial charge in [0, 0.05) is 0 Å². The molecule has 158 valence electrons. The number of benzene rings is 2. The molecule has 2 amide bonds. The molecule has 1 aliphatic rings. The second-order valence-corrected chi connectivity index (χ2v) is 6.22. The minimum atomic E-state index is -1.02. The van der Waals surface area contributed by atoms with Crippen molar-refractivity contribution in [3.8, 4) is 17.2 Å². The Bertz CT molecular complexity index is 920. The SMILES string of the molecule is C[C@@H](Oc1ccc(F)cc1)C(=O)OCC(=O)NNC(=O)[C@@H]1COc2ccccc2O1. The number of fused-ring (bicyclic) bond motifs is 1. The Kier molecular flexibility index (Phi) is 6.68. The highest BCUT2D eigenvalue weighted by atomic mass is 19.1. The van der Waals surface area contributed by atoms with Crippen LogP contribution in [-0.2, 0) is 19.1 Å². The molecule has 0 aromatic heterocycles. The molecule has 2 aromatic carbocycles. The van der Waals surface area contributed by atoms with Gasteiger partial charge >= 0.3 is 5.97 Å². The average molecular weight is 418 g/mol. The first-order valence-electron chi connectivity index (χ1n) is 8.98. The molecule has 2 N–H and O–H groups in total. The third kappa shape index (κ3) is 5.60. The van der Waals surface area contributed by atoms with E-state index in [1.807, 2.05) is 0 Å². The van der Waals surface area contributed by atoms with Crippen molar-refractivity contribution in [2.24, 2.45) is 0 Å². The fourth-order valence-electron chi connectivity index (χ4n) is 2.42. The van der Waals surface area contributed by atoms with Crippen LogP contribution in [0.25, 0.3) is 0 Å². The number of halogens is 1. The summed E-state index contributed by atoms with van der Waals surface area (Å²) in [5, 5.41) is 0. The molecule has 3 rings (SSSR count). The molecule has 0 saturated carbocycles. The number of amides is 2. The molecule has 1 aliphatic heterocycles. The van der Waals surface area contributed by atoms with E-state index in [0.29, 0.717) is 11.5 Å². The van der Waals surface area contributed by atoms with E-state index in [1.165, 1.54) is 31.2 Å². The maximum atomic E-state index is 12.9. The first kappa shape index (κ1) is 20.9. The Morgan fingerprint density at radius 3 is 2.53 bits per heavy atom. The van der Waals surface area contributed by atoms with Gasteiger partial charge in [-0.05, 0) is 43.3 Å². The van der Waals surface area contributed by atoms with E-state index < -0.39 is 42.4 Å². The Morgan fingerprint density at radius 1 is 1.10 bits per heavy atom. The van der Waals surface area contributed by atoms with Crippen LogP contribution in [0.4, 0.5) is 4.39 Å². The van der Waals surface area contributed by atoms with Crippen molar-refractivity contribution in [2.45, 2.75) is 19.1 Å². The summed E-state index contributed by atoms with van der Waals surface area (Å²) in [6.45, 7) is 0.761. The summed E-state index contributed by atoms with van der Waals surface area (Å²) < 4.78 is 33.9. The fourth-order valence-corrected chi connectivity index (χ4v) is 2.42. The van der Waals surface area contributed by atoms with Gasteiger partial charge < -0.3 is 18.9 Å². The van der Waals surface area contributed by atoms with Crippen molar-refractivity contribution in [3.63, 3.8) is 0 Å². The number of esters is 1. The number of hydrogen-bond donors (Lipinski definition) is 2. The predicted molar refractivity (Wildman–Crippen MR) is 100 cm³/mol. The monoisotopic (exact) mass is 418 g/mol. The number of rotatable bonds is 6. The molecule has 10 heteroatoms. The molecular weight excluding hydrogens is 399 g/mol. The lowest BCUT2D eigenvalue weighted by atomic mass is 10.2. The highest BCUT2D eigenvalue weighted by Gasteiger charge is 2.27. The molecule has 2 atom stereocenters. The van der Waals surface area contributed by atoms with E-state index in [0.717, 1.165) is 0 Å². The molecule has 0 bridgehead atoms. The summed E-state index contributed by atoms with van der Waals surface area (Å²) in [6, 6.07) is 12.0. The summed E-state index contributed by atoms with van der Waals surface area (Å²) in [4.78, 5) is 35.8. The number of para-hydroxylation sites is 2. The maximum absolute atomic E-state index is 12.9. The standard InChI is InChI=1S/C20H19FN2O7/c1-12(29-14-8-6-13(21)7-9-14)20(26)28-11-18(24)22-23-19(25)17-10-27-15-4-2-3-5-16(15)30-17/h2-9,12,17H,10-11H2,1H3,(H,22,24)(H,23,25)/t12-,17+/m1/s1. The highest BCUT2D eigenvalue weighted by molar-refractivity contribution is 5.86. The lowest BCUT2D eigenvalue weighted by molar-refractivity contribution is -0.155. The number of carbonyl (C=O) groups is 3. The maximum Gasteiger partial charge on any atom is 0.347 e. The Balaban J connectivity index is 1.37. The largest absolute Gasteiger partial charge is 0.485 e. The van der Waals surface area contributed by atoms with Gasteiger partial charge in [0.25, 0.3) is 11.8 Å². The zero-order chi connectivity index (χ0) is 21.5. The predicted octanol–water partition coefficient (Wildman–Crippen LogP) is 1.12. The lowest BCUT2D eigenvalue weighted by Gasteiger charge is -2.25. The van der Waals surface area contributed by atoms with E-state index in [1.54, 1.807) is 24.3 Å². The summed E-state index contributed by atoms with van der Waals surface area (Å²) in [6.07, 6.45) is -1.97. The molecular formula is C20H19FN2O7. The molecule has 0 fully saturated rings. The van der Waals surface area contributed by atoms with Crippen LogP contribution >= 0.6 is 0 Å². The summed E-state index contributed by atoms with van der Waals surface area (Å²) >= 11 is 0. The zero-order valence-electron chi connectivity index (χ0n) is 15.9. The molecule has 9 nitrogen and oxygen atoms in total. The van der Waals surface area contributed by atoms with Crippen molar-refractivity contribution >= 4 is 17.8 Å². The molecule has 0 saturated heterocycles. The van der Waals surface area contributed by atoms with Crippen LogP contribution in [0, 0.1) is 5.82 Å². The van der Waals surface area contributed by atoms with Crippen LogP contribution in [0.1, 0.15) is 6.92 Å². The van der Waals surface area contributed by atoms with Gasteiger partial charge in [-0.1, -0.05) is 12.1 Å². The number of ether oxygens (including phenoxy) is 4. The molecule has 1 heterocycles. The summed E-state index contributed by atoms with van der Waals surface area (Å²) in [7, 11) is 0. The topological polar surface area (TPSA) is 112 Å². The van der Waals surface area contributed by atoms with Crippen LogP contribution in [0.15, 0.2) is 48.5 Å². The fraction of sp³-hybridized carbons (Fsp3) is 0.250. The van der Waals surface area contributed by atoms with Gasteiger partial charge in [0.2, 0.25) is 6.10 Å². The van der Waals surface area contributed by atoms with Gasteiger partial charge in [0.05, 0.1) is 0 Å². The van der Waals surface area contributed by atoms with E-state index in [4.69, 9.17) is 18.9 Å². The van der Waals surface area contributed by atoms with Crippen LogP contribution in [0.5, 0.6) is 17.2 Å². The van der Waals surface area contributed by atoms with E-state index in [2.05, 4.69) is 10.9 Å². The second kappa shape index (κ2) is 9.59. The van der Waals surface area contributed by atoms with Crippen LogP contribution < -0.4 is 25.1 Å². The first-order chi connectivity index (χ1) is 14.4. The number of hydrazine groups is 1. The molecule has 0 radical (unpaired) electrons. The van der Waals surface area contributed by atoms with Crippen molar-refractivity contribution < 1.29 is 37.7 Å². The molecule has 0 spiro atoms. The average Bonchev–Trinajstić information content (AvgIpc) is 2.76. The highest BCUT2D eigenvalue weighted by Crippen LogP contribution is 2.30. The van der Waals surface area contributed by atoms with E-state index >= 15 is 0 Å². The molecule has 0 aliphatic carbocycles. The van der Waals surface area contributed by atoms with E-state index in [9.17, 15) is 18.8 Å². The smallest absolute Gasteiger partial charge is 0.347 e.